The Morgan fingerprint density at radius 2 is 2.39 bits per heavy atom. The monoisotopic (exact) mass is 247 g/mol. The summed E-state index contributed by atoms with van der Waals surface area (Å²) in [6, 6.07) is 4.03. The lowest BCUT2D eigenvalue weighted by atomic mass is 10.2. The molecule has 0 aliphatic rings. The molecule has 0 aliphatic heterocycles. The molecule has 0 aliphatic carbocycles. The number of rotatable bonds is 3. The van der Waals surface area contributed by atoms with Crippen LogP contribution < -0.4 is 0 Å². The number of halogens is 1. The second-order valence-corrected chi connectivity index (χ2v) is 3.39. The lowest BCUT2D eigenvalue weighted by molar-refractivity contribution is -0.389. The van der Waals surface area contributed by atoms with Crippen molar-refractivity contribution in [2.24, 2.45) is 0 Å². The van der Waals surface area contributed by atoms with Crippen molar-refractivity contribution in [2.75, 3.05) is 0 Å². The second-order valence-electron chi connectivity index (χ2n) is 3.39. The summed E-state index contributed by atoms with van der Waals surface area (Å²) in [7, 11) is 0. The van der Waals surface area contributed by atoms with Crippen LogP contribution in [0.4, 0.5) is 10.2 Å². The molecule has 0 atom stereocenters. The minimum atomic E-state index is -0.646. The Bertz CT molecular complexity index is 646. The predicted molar refractivity (Wildman–Crippen MR) is 56.9 cm³/mol. The fourth-order valence-corrected chi connectivity index (χ4v) is 1.33. The van der Waals surface area contributed by atoms with E-state index < -0.39 is 10.7 Å². The van der Waals surface area contributed by atoms with Crippen LogP contribution in [0.3, 0.4) is 0 Å². The summed E-state index contributed by atoms with van der Waals surface area (Å²) >= 11 is 0. The molecule has 0 bridgehead atoms. The third-order valence-electron chi connectivity index (χ3n) is 2.17. The molecule has 0 saturated heterocycles. The summed E-state index contributed by atoms with van der Waals surface area (Å²) in [5.41, 5.74) is 0.176. The van der Waals surface area contributed by atoms with Gasteiger partial charge in [0.1, 0.15) is 18.4 Å². The van der Waals surface area contributed by atoms with Crippen LogP contribution in [-0.4, -0.2) is 19.7 Å². The van der Waals surface area contributed by atoms with E-state index in [1.807, 2.05) is 0 Å². The third kappa shape index (κ3) is 2.30. The predicted octanol–water partition coefficient (Wildman–Crippen LogP) is 1.25. The number of nitriles is 1. The highest BCUT2D eigenvalue weighted by atomic mass is 19.1. The van der Waals surface area contributed by atoms with Crippen LogP contribution in [0.2, 0.25) is 0 Å². The maximum atomic E-state index is 13.5. The second kappa shape index (κ2) is 4.58. The Balaban J connectivity index is 2.23. The van der Waals surface area contributed by atoms with Crippen LogP contribution in [0.1, 0.15) is 11.3 Å². The first kappa shape index (κ1) is 11.7. The quantitative estimate of drug-likeness (QED) is 0.600. The van der Waals surface area contributed by atoms with Crippen molar-refractivity contribution in [3.05, 3.63) is 51.7 Å². The van der Waals surface area contributed by atoms with Crippen LogP contribution in [0, 0.1) is 27.3 Å². The lowest BCUT2D eigenvalue weighted by Crippen LogP contribution is -2.05. The molecular formula is C10H6FN5O2. The average molecular weight is 247 g/mol. The van der Waals surface area contributed by atoms with E-state index >= 15 is 0 Å². The van der Waals surface area contributed by atoms with Crippen molar-refractivity contribution in [1.82, 2.24) is 14.8 Å². The highest BCUT2D eigenvalue weighted by molar-refractivity contribution is 5.27. The van der Waals surface area contributed by atoms with Gasteiger partial charge in [0.15, 0.2) is 0 Å². The van der Waals surface area contributed by atoms with Crippen LogP contribution in [0.5, 0.6) is 0 Å². The topological polar surface area (TPSA) is 97.6 Å². The molecule has 0 aromatic carbocycles. The zero-order valence-corrected chi connectivity index (χ0v) is 8.95. The van der Waals surface area contributed by atoms with Gasteiger partial charge in [-0.15, -0.1) is 0 Å². The van der Waals surface area contributed by atoms with Crippen molar-refractivity contribution in [2.45, 2.75) is 6.54 Å². The van der Waals surface area contributed by atoms with Gasteiger partial charge in [0.05, 0.1) is 28.6 Å². The molecule has 18 heavy (non-hydrogen) atoms. The molecule has 0 fully saturated rings. The van der Waals surface area contributed by atoms with Crippen molar-refractivity contribution in [3.8, 4) is 6.07 Å². The van der Waals surface area contributed by atoms with Crippen LogP contribution in [0.25, 0.3) is 0 Å². The first-order valence-corrected chi connectivity index (χ1v) is 4.82. The molecule has 7 nitrogen and oxygen atoms in total. The zero-order chi connectivity index (χ0) is 13.1. The Labute approximate surface area is 100 Å². The number of hydrogen-bond acceptors (Lipinski definition) is 5. The van der Waals surface area contributed by atoms with E-state index in [9.17, 15) is 14.5 Å². The van der Waals surface area contributed by atoms with Gasteiger partial charge in [-0.3, -0.25) is 4.98 Å². The van der Waals surface area contributed by atoms with Crippen LogP contribution >= 0.6 is 0 Å². The van der Waals surface area contributed by atoms with Gasteiger partial charge in [0.25, 0.3) is 0 Å². The van der Waals surface area contributed by atoms with Gasteiger partial charge in [-0.2, -0.15) is 9.94 Å². The van der Waals surface area contributed by atoms with Gasteiger partial charge >= 0.3 is 5.82 Å². The highest BCUT2D eigenvalue weighted by Gasteiger charge is 2.13. The first-order valence-electron chi connectivity index (χ1n) is 4.82. The van der Waals surface area contributed by atoms with Gasteiger partial charge in [-0.25, -0.2) is 4.39 Å². The van der Waals surface area contributed by atoms with Gasteiger partial charge < -0.3 is 10.1 Å². The average Bonchev–Trinajstić information content (AvgIpc) is 2.80. The summed E-state index contributed by atoms with van der Waals surface area (Å²) in [5, 5.41) is 22.6. The van der Waals surface area contributed by atoms with Gasteiger partial charge in [-0.05, 0) is 11.0 Å². The highest BCUT2D eigenvalue weighted by Crippen LogP contribution is 2.10. The molecule has 90 valence electrons. The maximum Gasteiger partial charge on any atom is 0.389 e. The minimum absolute atomic E-state index is 0.0363. The van der Waals surface area contributed by atoms with Crippen molar-refractivity contribution < 1.29 is 9.31 Å². The van der Waals surface area contributed by atoms with Gasteiger partial charge in [-0.1, -0.05) is 0 Å². The summed E-state index contributed by atoms with van der Waals surface area (Å²) in [4.78, 5) is 13.6. The summed E-state index contributed by atoms with van der Waals surface area (Å²) < 4.78 is 14.7. The number of nitrogens with zero attached hydrogens (tertiary/aromatic N) is 5. The van der Waals surface area contributed by atoms with E-state index in [2.05, 4.69) is 10.1 Å². The smallest absolute Gasteiger partial charge is 0.358 e. The van der Waals surface area contributed by atoms with Gasteiger partial charge in [0.2, 0.25) is 0 Å². The number of pyridine rings is 1. The fourth-order valence-electron chi connectivity index (χ4n) is 1.33. The third-order valence-corrected chi connectivity index (χ3v) is 2.17. The number of nitro groups is 1. The first-order chi connectivity index (χ1) is 8.60. The van der Waals surface area contributed by atoms with E-state index in [0.717, 1.165) is 6.07 Å². The summed E-state index contributed by atoms with van der Waals surface area (Å²) in [6.07, 6.45) is 2.59. The van der Waals surface area contributed by atoms with Crippen LogP contribution in [0.15, 0.2) is 24.5 Å². The molecule has 2 aromatic rings. The minimum Gasteiger partial charge on any atom is -0.358 e. The summed E-state index contributed by atoms with van der Waals surface area (Å²) in [6.45, 7) is -0.0363. The Kier molecular flexibility index (Phi) is 2.97. The number of hydrogen-bond donors (Lipinski definition) is 0. The fraction of sp³-hybridized carbons (Fsp3) is 0.100. The van der Waals surface area contributed by atoms with Gasteiger partial charge in [0, 0.05) is 6.20 Å². The molecule has 0 unspecified atom stereocenters. The van der Waals surface area contributed by atoms with E-state index in [1.54, 1.807) is 6.07 Å². The zero-order valence-electron chi connectivity index (χ0n) is 8.95. The van der Waals surface area contributed by atoms with Crippen molar-refractivity contribution in [1.29, 1.82) is 5.26 Å². The summed E-state index contributed by atoms with van der Waals surface area (Å²) in [5.74, 6) is -0.962. The normalized spacial score (nSPS) is 10.0. The standard InChI is InChI=1S/C10H6FN5O2/c11-8-3-7(4-12)5-13-9(8)6-15-2-1-10(14-15)16(17)18/h1-3,5H,6H2. The Morgan fingerprint density at radius 3 is 2.94 bits per heavy atom. The largest absolute Gasteiger partial charge is 0.389 e. The van der Waals surface area contributed by atoms with E-state index in [1.165, 1.54) is 23.1 Å². The molecule has 0 spiro atoms. The molecule has 2 aromatic heterocycles. The van der Waals surface area contributed by atoms with Crippen LogP contribution in [-0.2, 0) is 6.54 Å². The van der Waals surface area contributed by atoms with E-state index in [0.29, 0.717) is 0 Å². The van der Waals surface area contributed by atoms with E-state index in [-0.39, 0.29) is 23.6 Å². The Morgan fingerprint density at radius 1 is 1.61 bits per heavy atom. The van der Waals surface area contributed by atoms with Crippen molar-refractivity contribution in [3.63, 3.8) is 0 Å². The van der Waals surface area contributed by atoms with Crippen molar-refractivity contribution >= 4 is 5.82 Å². The molecule has 0 N–H and O–H groups in total. The van der Waals surface area contributed by atoms with E-state index in [4.69, 9.17) is 5.26 Å². The molecule has 8 heteroatoms. The Hall–Kier alpha value is -2.82. The lowest BCUT2D eigenvalue weighted by Gasteiger charge is -1.99. The molecule has 0 saturated carbocycles. The molecule has 2 heterocycles. The molecule has 2 rings (SSSR count). The molecular weight excluding hydrogens is 241 g/mol. The molecule has 0 amide bonds. The maximum absolute atomic E-state index is 13.5. The SMILES string of the molecule is N#Cc1cnc(Cn2ccc([N+](=O)[O-])n2)c(F)c1. The number of aromatic nitrogens is 3. The molecule has 0 radical (unpaired) electrons.